The summed E-state index contributed by atoms with van der Waals surface area (Å²) in [4.78, 5) is 2.12. The van der Waals surface area contributed by atoms with E-state index >= 15 is 0 Å². The molecular weight excluding hydrogens is 284 g/mol. The van der Waals surface area contributed by atoms with E-state index < -0.39 is 0 Å². The maximum Gasteiger partial charge on any atom is 0.118 e. The molecule has 1 aliphatic heterocycles. The SMILES string of the molecule is CCCCCCCCCCCCC/C=C/C1NC=CN1CCO. The van der Waals surface area contributed by atoms with Crippen LogP contribution in [0.5, 0.6) is 0 Å². The Hall–Kier alpha value is -0.960. The minimum Gasteiger partial charge on any atom is -0.395 e. The Morgan fingerprint density at radius 3 is 2.17 bits per heavy atom. The highest BCUT2D eigenvalue weighted by Gasteiger charge is 2.13. The molecule has 0 bridgehead atoms. The van der Waals surface area contributed by atoms with Crippen molar-refractivity contribution in [3.8, 4) is 0 Å². The Morgan fingerprint density at radius 1 is 0.957 bits per heavy atom. The zero-order chi connectivity index (χ0) is 16.6. The number of aliphatic hydroxyl groups is 1. The van der Waals surface area contributed by atoms with E-state index in [1.165, 1.54) is 77.0 Å². The topological polar surface area (TPSA) is 35.5 Å². The Kier molecular flexibility index (Phi) is 12.8. The van der Waals surface area contributed by atoms with E-state index in [0.717, 1.165) is 0 Å². The van der Waals surface area contributed by atoms with Gasteiger partial charge in [0.2, 0.25) is 0 Å². The Balaban J connectivity index is 1.85. The molecule has 0 fully saturated rings. The van der Waals surface area contributed by atoms with Crippen molar-refractivity contribution in [3.05, 3.63) is 24.6 Å². The summed E-state index contributed by atoms with van der Waals surface area (Å²) in [5.74, 6) is 0. The number of allylic oxidation sites excluding steroid dienone is 1. The summed E-state index contributed by atoms with van der Waals surface area (Å²) < 4.78 is 0. The van der Waals surface area contributed by atoms with E-state index in [1.54, 1.807) is 0 Å². The first-order valence-electron chi connectivity index (χ1n) is 9.84. The molecular formula is C20H38N2O. The highest BCUT2D eigenvalue weighted by molar-refractivity contribution is 5.04. The van der Waals surface area contributed by atoms with Crippen molar-refractivity contribution in [1.29, 1.82) is 0 Å². The second-order valence-electron chi connectivity index (χ2n) is 6.64. The number of β-amino-alcohol motifs (C(OH)–C–C–N with tert-alkyl or cyclic N) is 1. The molecule has 23 heavy (non-hydrogen) atoms. The standard InChI is InChI=1S/C20H38N2O/c1-2-3-4-5-6-7-8-9-10-11-12-13-14-15-20-21-16-17-22(20)18-19-23/h14-17,20-21,23H,2-13,18-19H2,1H3/b15-14+. The predicted octanol–water partition coefficient (Wildman–Crippen LogP) is 4.94. The summed E-state index contributed by atoms with van der Waals surface area (Å²) in [6, 6.07) is 0. The Labute approximate surface area is 143 Å². The summed E-state index contributed by atoms with van der Waals surface area (Å²) in [5.41, 5.74) is 0. The van der Waals surface area contributed by atoms with Gasteiger partial charge in [0, 0.05) is 18.9 Å². The van der Waals surface area contributed by atoms with Crippen molar-refractivity contribution in [3.63, 3.8) is 0 Å². The second-order valence-corrected chi connectivity index (χ2v) is 6.64. The fourth-order valence-electron chi connectivity index (χ4n) is 3.07. The van der Waals surface area contributed by atoms with E-state index in [1.807, 2.05) is 12.4 Å². The quantitative estimate of drug-likeness (QED) is 0.331. The van der Waals surface area contributed by atoms with Gasteiger partial charge in [-0.05, 0) is 18.9 Å². The lowest BCUT2D eigenvalue weighted by atomic mass is 10.1. The number of rotatable bonds is 15. The molecule has 1 aliphatic rings. The molecule has 0 aromatic rings. The van der Waals surface area contributed by atoms with Gasteiger partial charge in [0.1, 0.15) is 6.17 Å². The maximum absolute atomic E-state index is 9.00. The molecule has 3 heteroatoms. The number of hydrogen-bond acceptors (Lipinski definition) is 3. The third-order valence-electron chi connectivity index (χ3n) is 4.54. The van der Waals surface area contributed by atoms with Gasteiger partial charge in [0.05, 0.1) is 6.61 Å². The zero-order valence-corrected chi connectivity index (χ0v) is 15.2. The largest absolute Gasteiger partial charge is 0.395 e. The normalized spacial score (nSPS) is 17.3. The minimum atomic E-state index is 0.203. The van der Waals surface area contributed by atoms with Gasteiger partial charge in [-0.2, -0.15) is 0 Å². The highest BCUT2D eigenvalue weighted by atomic mass is 16.3. The van der Waals surface area contributed by atoms with E-state index in [0.29, 0.717) is 6.54 Å². The molecule has 0 saturated carbocycles. The third-order valence-corrected chi connectivity index (χ3v) is 4.54. The van der Waals surface area contributed by atoms with E-state index in [2.05, 4.69) is 29.3 Å². The van der Waals surface area contributed by atoms with Crippen LogP contribution in [0.3, 0.4) is 0 Å². The van der Waals surface area contributed by atoms with Gasteiger partial charge in [-0.25, -0.2) is 0 Å². The number of aliphatic hydroxyl groups excluding tert-OH is 1. The lowest BCUT2D eigenvalue weighted by Crippen LogP contribution is -2.35. The van der Waals surface area contributed by atoms with Crippen LogP contribution in [0.1, 0.15) is 84.0 Å². The van der Waals surface area contributed by atoms with Crippen molar-refractivity contribution in [2.75, 3.05) is 13.2 Å². The summed E-state index contributed by atoms with van der Waals surface area (Å²) >= 11 is 0. The maximum atomic E-state index is 9.00. The van der Waals surface area contributed by atoms with Crippen molar-refractivity contribution in [2.24, 2.45) is 0 Å². The molecule has 1 rings (SSSR count). The van der Waals surface area contributed by atoms with Gasteiger partial charge in [0.15, 0.2) is 0 Å². The van der Waals surface area contributed by atoms with Crippen LogP contribution < -0.4 is 5.32 Å². The van der Waals surface area contributed by atoms with Gasteiger partial charge in [-0.3, -0.25) is 0 Å². The smallest absolute Gasteiger partial charge is 0.118 e. The Morgan fingerprint density at radius 2 is 1.57 bits per heavy atom. The van der Waals surface area contributed by atoms with Crippen LogP contribution >= 0.6 is 0 Å². The number of nitrogens with one attached hydrogen (secondary N) is 1. The first-order valence-corrected chi connectivity index (χ1v) is 9.84. The molecule has 3 nitrogen and oxygen atoms in total. The first kappa shape index (κ1) is 20.1. The monoisotopic (exact) mass is 322 g/mol. The predicted molar refractivity (Wildman–Crippen MR) is 100 cm³/mol. The van der Waals surface area contributed by atoms with E-state index in [9.17, 15) is 0 Å². The fourth-order valence-corrected chi connectivity index (χ4v) is 3.07. The third kappa shape index (κ3) is 10.4. The molecule has 0 spiro atoms. The number of unbranched alkanes of at least 4 members (excludes halogenated alkanes) is 11. The van der Waals surface area contributed by atoms with Crippen molar-refractivity contribution in [1.82, 2.24) is 10.2 Å². The molecule has 1 unspecified atom stereocenters. The van der Waals surface area contributed by atoms with Crippen LogP contribution in [-0.4, -0.2) is 29.3 Å². The summed E-state index contributed by atoms with van der Waals surface area (Å²) in [5, 5.41) is 12.3. The number of hydrogen-bond donors (Lipinski definition) is 2. The molecule has 0 amide bonds. The van der Waals surface area contributed by atoms with Gasteiger partial charge in [-0.1, -0.05) is 77.2 Å². The molecule has 134 valence electrons. The molecule has 0 saturated heterocycles. The van der Waals surface area contributed by atoms with E-state index in [4.69, 9.17) is 5.11 Å². The van der Waals surface area contributed by atoms with Crippen molar-refractivity contribution < 1.29 is 5.11 Å². The molecule has 1 atom stereocenters. The molecule has 0 aromatic heterocycles. The summed E-state index contributed by atoms with van der Waals surface area (Å²) in [6.45, 7) is 3.17. The van der Waals surface area contributed by atoms with Crippen molar-refractivity contribution >= 4 is 0 Å². The number of nitrogens with zero attached hydrogens (tertiary/aromatic N) is 1. The zero-order valence-electron chi connectivity index (χ0n) is 15.2. The average Bonchev–Trinajstić information content (AvgIpc) is 2.99. The van der Waals surface area contributed by atoms with Crippen LogP contribution in [0.25, 0.3) is 0 Å². The van der Waals surface area contributed by atoms with Crippen LogP contribution in [-0.2, 0) is 0 Å². The molecule has 1 heterocycles. The Bertz CT molecular complexity index is 315. The van der Waals surface area contributed by atoms with Gasteiger partial charge in [0.25, 0.3) is 0 Å². The second kappa shape index (κ2) is 14.6. The lowest BCUT2D eigenvalue weighted by Gasteiger charge is -2.21. The van der Waals surface area contributed by atoms with E-state index in [-0.39, 0.29) is 12.8 Å². The van der Waals surface area contributed by atoms with Gasteiger partial charge in [-0.15, -0.1) is 0 Å². The van der Waals surface area contributed by atoms with Gasteiger partial charge < -0.3 is 15.3 Å². The van der Waals surface area contributed by atoms with Crippen LogP contribution in [0.15, 0.2) is 24.6 Å². The first-order chi connectivity index (χ1) is 11.4. The van der Waals surface area contributed by atoms with Crippen molar-refractivity contribution in [2.45, 2.75) is 90.1 Å². The minimum absolute atomic E-state index is 0.203. The van der Waals surface area contributed by atoms with Gasteiger partial charge >= 0.3 is 0 Å². The van der Waals surface area contributed by atoms with Crippen LogP contribution in [0.2, 0.25) is 0 Å². The van der Waals surface area contributed by atoms with Crippen LogP contribution in [0.4, 0.5) is 0 Å². The van der Waals surface area contributed by atoms with Crippen LogP contribution in [0, 0.1) is 0 Å². The molecule has 0 aromatic carbocycles. The summed E-state index contributed by atoms with van der Waals surface area (Å²) in [6.07, 6.45) is 25.3. The summed E-state index contributed by atoms with van der Waals surface area (Å²) in [7, 11) is 0. The average molecular weight is 323 g/mol. The fraction of sp³-hybridized carbons (Fsp3) is 0.800. The highest BCUT2D eigenvalue weighted by Crippen LogP contribution is 2.12. The molecule has 0 aliphatic carbocycles. The molecule has 2 N–H and O–H groups in total. The molecule has 0 radical (unpaired) electrons. The lowest BCUT2D eigenvalue weighted by molar-refractivity contribution is 0.220.